The monoisotopic (exact) mass is 181 g/mol. The van der Waals surface area contributed by atoms with Crippen molar-refractivity contribution in [1.82, 2.24) is 4.90 Å². The van der Waals surface area contributed by atoms with Crippen LogP contribution in [0.1, 0.15) is 20.3 Å². The molecule has 0 spiro atoms. The van der Waals surface area contributed by atoms with Gasteiger partial charge in [-0.05, 0) is 27.3 Å². The lowest BCUT2D eigenvalue weighted by atomic mass is 10.1. The normalized spacial score (nSPS) is 13.0. The molecule has 74 valence electrons. The maximum atomic E-state index is 11.8. The van der Waals surface area contributed by atoms with Crippen LogP contribution in [0.2, 0.25) is 0 Å². The molecule has 12 heavy (non-hydrogen) atoms. The molecule has 4 heteroatoms. The Labute approximate surface area is 72.2 Å². The summed E-state index contributed by atoms with van der Waals surface area (Å²) in [6.07, 6.45) is -1.78. The van der Waals surface area contributed by atoms with E-state index in [2.05, 4.69) is 0 Å². The van der Waals surface area contributed by atoms with Crippen molar-refractivity contribution in [2.75, 3.05) is 20.1 Å². The molecule has 0 aromatic heterocycles. The molecule has 1 N–H and O–H groups in total. The number of aliphatic hydroxyl groups is 1. The van der Waals surface area contributed by atoms with E-state index in [0.717, 1.165) is 0 Å². The first-order valence-corrected chi connectivity index (χ1v) is 4.00. The van der Waals surface area contributed by atoms with Gasteiger partial charge in [-0.2, -0.15) is 0 Å². The fourth-order valence-corrected chi connectivity index (χ4v) is 0.791. The summed E-state index contributed by atoms with van der Waals surface area (Å²) in [5, 5.41) is 9.29. The Kier molecular flexibility index (Phi) is 4.63. The molecular formula is C8H17F2NO. The number of hydrogen-bond donors (Lipinski definition) is 1. The van der Waals surface area contributed by atoms with Gasteiger partial charge in [0.25, 0.3) is 6.43 Å². The molecular weight excluding hydrogens is 164 g/mol. The average molecular weight is 181 g/mol. The third kappa shape index (κ3) is 7.88. The minimum atomic E-state index is -2.29. The van der Waals surface area contributed by atoms with E-state index in [1.54, 1.807) is 20.9 Å². The Morgan fingerprint density at radius 3 is 2.25 bits per heavy atom. The van der Waals surface area contributed by atoms with Crippen molar-refractivity contribution in [3.8, 4) is 0 Å². The molecule has 0 aromatic rings. The van der Waals surface area contributed by atoms with Crippen LogP contribution in [0.4, 0.5) is 8.78 Å². The fraction of sp³-hybridized carbons (Fsp3) is 1.00. The molecule has 0 aromatic carbocycles. The van der Waals surface area contributed by atoms with Crippen LogP contribution >= 0.6 is 0 Å². The van der Waals surface area contributed by atoms with Gasteiger partial charge in [0.05, 0.1) is 12.1 Å². The first kappa shape index (κ1) is 11.8. The highest BCUT2D eigenvalue weighted by Crippen LogP contribution is 2.08. The summed E-state index contributed by atoms with van der Waals surface area (Å²) in [4.78, 5) is 1.52. The highest BCUT2D eigenvalue weighted by Gasteiger charge is 2.14. The number of rotatable bonds is 5. The van der Waals surface area contributed by atoms with Crippen LogP contribution < -0.4 is 0 Å². The Morgan fingerprint density at radius 2 is 1.92 bits per heavy atom. The summed E-state index contributed by atoms with van der Waals surface area (Å²) in [5.41, 5.74) is -0.767. The van der Waals surface area contributed by atoms with Crippen molar-refractivity contribution in [2.24, 2.45) is 0 Å². The molecule has 0 rings (SSSR count). The van der Waals surface area contributed by atoms with E-state index >= 15 is 0 Å². The maximum absolute atomic E-state index is 11.8. The Morgan fingerprint density at radius 1 is 1.42 bits per heavy atom. The van der Waals surface area contributed by atoms with Crippen molar-refractivity contribution >= 4 is 0 Å². The van der Waals surface area contributed by atoms with Crippen molar-refractivity contribution in [1.29, 1.82) is 0 Å². The molecule has 0 bridgehead atoms. The quantitative estimate of drug-likeness (QED) is 0.692. The highest BCUT2D eigenvalue weighted by molar-refractivity contribution is 4.67. The van der Waals surface area contributed by atoms with Crippen LogP contribution in [0.25, 0.3) is 0 Å². The van der Waals surface area contributed by atoms with Gasteiger partial charge >= 0.3 is 0 Å². The maximum Gasteiger partial charge on any atom is 0.251 e. The van der Waals surface area contributed by atoms with Gasteiger partial charge in [0.2, 0.25) is 0 Å². The van der Waals surface area contributed by atoms with Crippen LogP contribution in [-0.4, -0.2) is 42.2 Å². The van der Waals surface area contributed by atoms with E-state index in [4.69, 9.17) is 0 Å². The van der Waals surface area contributed by atoms with Crippen LogP contribution in [0.15, 0.2) is 0 Å². The molecule has 0 unspecified atom stereocenters. The zero-order chi connectivity index (χ0) is 9.78. The standard InChI is InChI=1S/C8H17F2NO/c1-8(2,12)4-5-11(3)6-7(9)10/h7,12H,4-6H2,1-3H3. The summed E-state index contributed by atoms with van der Waals surface area (Å²) >= 11 is 0. The van der Waals surface area contributed by atoms with Crippen LogP contribution in [0, 0.1) is 0 Å². The van der Waals surface area contributed by atoms with Gasteiger partial charge in [0.15, 0.2) is 0 Å². The summed E-state index contributed by atoms with van der Waals surface area (Å²) < 4.78 is 23.6. The molecule has 0 fully saturated rings. The van der Waals surface area contributed by atoms with Gasteiger partial charge in [0.1, 0.15) is 0 Å². The predicted octanol–water partition coefficient (Wildman–Crippen LogP) is 1.34. The largest absolute Gasteiger partial charge is 0.390 e. The Hall–Kier alpha value is -0.220. The summed E-state index contributed by atoms with van der Waals surface area (Å²) in [5.74, 6) is 0. The Balaban J connectivity index is 3.51. The molecule has 0 aliphatic rings. The summed E-state index contributed by atoms with van der Waals surface area (Å²) in [6, 6.07) is 0. The highest BCUT2D eigenvalue weighted by atomic mass is 19.3. The number of nitrogens with zero attached hydrogens (tertiary/aromatic N) is 1. The lowest BCUT2D eigenvalue weighted by Gasteiger charge is -2.22. The summed E-state index contributed by atoms with van der Waals surface area (Å²) in [6.45, 7) is 3.61. The minimum Gasteiger partial charge on any atom is -0.390 e. The fourth-order valence-electron chi connectivity index (χ4n) is 0.791. The first-order valence-electron chi connectivity index (χ1n) is 4.00. The molecule has 2 nitrogen and oxygen atoms in total. The summed E-state index contributed by atoms with van der Waals surface area (Å²) in [7, 11) is 1.62. The second kappa shape index (κ2) is 4.72. The van der Waals surface area contributed by atoms with Gasteiger partial charge in [-0.25, -0.2) is 8.78 Å². The van der Waals surface area contributed by atoms with Crippen molar-refractivity contribution in [2.45, 2.75) is 32.3 Å². The van der Waals surface area contributed by atoms with Gasteiger partial charge in [-0.15, -0.1) is 0 Å². The van der Waals surface area contributed by atoms with Gasteiger partial charge in [-0.3, -0.25) is 0 Å². The molecule has 0 saturated heterocycles. The third-order valence-electron chi connectivity index (χ3n) is 1.56. The topological polar surface area (TPSA) is 23.5 Å². The molecule has 0 aliphatic heterocycles. The van der Waals surface area contributed by atoms with Crippen molar-refractivity contribution in [3.05, 3.63) is 0 Å². The van der Waals surface area contributed by atoms with E-state index in [9.17, 15) is 13.9 Å². The van der Waals surface area contributed by atoms with E-state index < -0.39 is 12.0 Å². The van der Waals surface area contributed by atoms with Crippen molar-refractivity contribution < 1.29 is 13.9 Å². The number of alkyl halides is 2. The second-order valence-corrected chi connectivity index (χ2v) is 3.72. The first-order chi connectivity index (χ1) is 5.31. The number of halogens is 2. The zero-order valence-electron chi connectivity index (χ0n) is 7.85. The number of hydrogen-bond acceptors (Lipinski definition) is 2. The van der Waals surface area contributed by atoms with E-state index in [1.807, 2.05) is 0 Å². The van der Waals surface area contributed by atoms with E-state index in [1.165, 1.54) is 4.90 Å². The SMILES string of the molecule is CN(CCC(C)(C)O)CC(F)F. The van der Waals surface area contributed by atoms with Crippen LogP contribution in [0.5, 0.6) is 0 Å². The van der Waals surface area contributed by atoms with Crippen LogP contribution in [-0.2, 0) is 0 Å². The molecule has 0 heterocycles. The van der Waals surface area contributed by atoms with Gasteiger partial charge < -0.3 is 10.0 Å². The third-order valence-corrected chi connectivity index (χ3v) is 1.56. The molecule has 0 amide bonds. The average Bonchev–Trinajstić information content (AvgIpc) is 1.80. The smallest absolute Gasteiger partial charge is 0.251 e. The molecule has 0 radical (unpaired) electrons. The Bertz CT molecular complexity index is 123. The molecule has 0 atom stereocenters. The van der Waals surface area contributed by atoms with E-state index in [-0.39, 0.29) is 6.54 Å². The van der Waals surface area contributed by atoms with Crippen molar-refractivity contribution in [3.63, 3.8) is 0 Å². The van der Waals surface area contributed by atoms with Gasteiger partial charge in [0, 0.05) is 6.54 Å². The van der Waals surface area contributed by atoms with E-state index in [0.29, 0.717) is 13.0 Å². The van der Waals surface area contributed by atoms with Crippen LogP contribution in [0.3, 0.4) is 0 Å². The zero-order valence-corrected chi connectivity index (χ0v) is 7.85. The second-order valence-electron chi connectivity index (χ2n) is 3.72. The lowest BCUT2D eigenvalue weighted by molar-refractivity contribution is 0.0476. The molecule has 0 aliphatic carbocycles. The predicted molar refractivity (Wildman–Crippen MR) is 44.4 cm³/mol. The molecule has 0 saturated carbocycles. The lowest BCUT2D eigenvalue weighted by Crippen LogP contribution is -2.31. The minimum absolute atomic E-state index is 0.226. The van der Waals surface area contributed by atoms with Gasteiger partial charge in [-0.1, -0.05) is 0 Å².